The molecule has 2 fully saturated rings. The zero-order chi connectivity index (χ0) is 12.2. The molecule has 1 aromatic carbocycles. The topological polar surface area (TPSA) is 32.3 Å². The Morgan fingerprint density at radius 3 is 2.83 bits per heavy atom. The molecule has 0 bridgehead atoms. The zero-order valence-corrected chi connectivity index (χ0v) is 10.5. The van der Waals surface area contributed by atoms with E-state index in [2.05, 4.69) is 22.3 Å². The van der Waals surface area contributed by atoms with Gasteiger partial charge in [0.1, 0.15) is 0 Å². The van der Waals surface area contributed by atoms with Gasteiger partial charge < -0.3 is 10.2 Å². The highest BCUT2D eigenvalue weighted by molar-refractivity contribution is 5.99. The molecule has 0 aromatic heterocycles. The van der Waals surface area contributed by atoms with Gasteiger partial charge in [0.2, 0.25) is 5.91 Å². The lowest BCUT2D eigenvalue weighted by Gasteiger charge is -2.51. The monoisotopic (exact) mass is 242 g/mol. The third-order valence-electron chi connectivity index (χ3n) is 4.54. The fraction of sp³-hybridized carbons (Fsp3) is 0.533. The fourth-order valence-corrected chi connectivity index (χ4v) is 3.36. The molecule has 3 heteroatoms. The Labute approximate surface area is 107 Å². The summed E-state index contributed by atoms with van der Waals surface area (Å²) in [4.78, 5) is 14.7. The zero-order valence-electron chi connectivity index (χ0n) is 10.5. The second kappa shape index (κ2) is 3.58. The number of benzene rings is 1. The number of amides is 1. The van der Waals surface area contributed by atoms with Gasteiger partial charge in [-0.15, -0.1) is 0 Å². The van der Waals surface area contributed by atoms with Crippen LogP contribution in [-0.2, 0) is 11.2 Å². The van der Waals surface area contributed by atoms with Crippen molar-refractivity contribution in [3.63, 3.8) is 0 Å². The van der Waals surface area contributed by atoms with E-state index in [4.69, 9.17) is 0 Å². The second-order valence-electron chi connectivity index (χ2n) is 6.18. The SMILES string of the molecule is O=C1Nc2ccccc2CC12CN(CC1CC1)C2. The molecule has 0 radical (unpaired) electrons. The lowest BCUT2D eigenvalue weighted by atomic mass is 9.71. The summed E-state index contributed by atoms with van der Waals surface area (Å²) in [6, 6.07) is 8.18. The van der Waals surface area contributed by atoms with E-state index in [1.54, 1.807) is 0 Å². The van der Waals surface area contributed by atoms with Crippen LogP contribution in [0.3, 0.4) is 0 Å². The highest BCUT2D eigenvalue weighted by Gasteiger charge is 2.51. The van der Waals surface area contributed by atoms with Crippen molar-refractivity contribution in [3.05, 3.63) is 29.8 Å². The van der Waals surface area contributed by atoms with Gasteiger partial charge >= 0.3 is 0 Å². The first-order chi connectivity index (χ1) is 8.75. The summed E-state index contributed by atoms with van der Waals surface area (Å²) in [5, 5.41) is 3.08. The van der Waals surface area contributed by atoms with E-state index in [0.29, 0.717) is 0 Å². The maximum Gasteiger partial charge on any atom is 0.233 e. The summed E-state index contributed by atoms with van der Waals surface area (Å²) >= 11 is 0. The Hall–Kier alpha value is -1.35. The molecular formula is C15H18N2O. The van der Waals surface area contributed by atoms with E-state index in [9.17, 15) is 4.79 Å². The number of nitrogens with zero attached hydrogens (tertiary/aromatic N) is 1. The quantitative estimate of drug-likeness (QED) is 0.859. The number of hydrogen-bond acceptors (Lipinski definition) is 2. The smallest absolute Gasteiger partial charge is 0.233 e. The van der Waals surface area contributed by atoms with E-state index in [1.807, 2.05) is 12.1 Å². The van der Waals surface area contributed by atoms with Crippen LogP contribution in [-0.4, -0.2) is 30.4 Å². The molecule has 1 amide bonds. The summed E-state index contributed by atoms with van der Waals surface area (Å²) in [6.45, 7) is 3.10. The second-order valence-corrected chi connectivity index (χ2v) is 6.18. The summed E-state index contributed by atoms with van der Waals surface area (Å²) < 4.78 is 0. The minimum Gasteiger partial charge on any atom is -0.325 e. The number of nitrogens with one attached hydrogen (secondary N) is 1. The fourth-order valence-electron chi connectivity index (χ4n) is 3.36. The standard InChI is InChI=1S/C15H18N2O/c18-14-15(9-17(10-15)8-11-5-6-11)7-12-3-1-2-4-13(12)16-14/h1-4,11H,5-10H2,(H,16,18). The van der Waals surface area contributed by atoms with Gasteiger partial charge in [0.25, 0.3) is 0 Å². The molecule has 2 heterocycles. The maximum absolute atomic E-state index is 12.3. The van der Waals surface area contributed by atoms with Crippen molar-refractivity contribution in [2.75, 3.05) is 25.0 Å². The van der Waals surface area contributed by atoms with Crippen LogP contribution in [0.4, 0.5) is 5.69 Å². The number of rotatable bonds is 2. The van der Waals surface area contributed by atoms with Gasteiger partial charge in [-0.3, -0.25) is 4.79 Å². The molecular weight excluding hydrogens is 224 g/mol. The van der Waals surface area contributed by atoms with E-state index >= 15 is 0 Å². The number of fused-ring (bicyclic) bond motifs is 1. The molecule has 0 atom stereocenters. The van der Waals surface area contributed by atoms with Crippen molar-refractivity contribution in [3.8, 4) is 0 Å². The van der Waals surface area contributed by atoms with Gasteiger partial charge in [0.05, 0.1) is 5.41 Å². The number of hydrogen-bond donors (Lipinski definition) is 1. The summed E-state index contributed by atoms with van der Waals surface area (Å²) in [7, 11) is 0. The van der Waals surface area contributed by atoms with Gasteiger partial charge in [-0.25, -0.2) is 0 Å². The Kier molecular flexibility index (Phi) is 2.10. The van der Waals surface area contributed by atoms with Gasteiger partial charge in [-0.1, -0.05) is 18.2 Å². The molecule has 3 aliphatic rings. The molecule has 4 rings (SSSR count). The Morgan fingerprint density at radius 2 is 2.06 bits per heavy atom. The Morgan fingerprint density at radius 1 is 1.28 bits per heavy atom. The molecule has 1 aliphatic carbocycles. The van der Waals surface area contributed by atoms with Crippen molar-refractivity contribution < 1.29 is 4.79 Å². The van der Waals surface area contributed by atoms with Crippen molar-refractivity contribution in [2.24, 2.45) is 11.3 Å². The molecule has 1 N–H and O–H groups in total. The van der Waals surface area contributed by atoms with E-state index in [-0.39, 0.29) is 11.3 Å². The van der Waals surface area contributed by atoms with Crippen molar-refractivity contribution >= 4 is 11.6 Å². The lowest BCUT2D eigenvalue weighted by molar-refractivity contribution is -0.137. The molecule has 18 heavy (non-hydrogen) atoms. The van der Waals surface area contributed by atoms with Gasteiger partial charge in [-0.2, -0.15) is 0 Å². The normalized spacial score (nSPS) is 25.4. The predicted octanol–water partition coefficient (Wildman–Crippen LogP) is 1.89. The maximum atomic E-state index is 12.3. The molecule has 0 unspecified atom stereocenters. The minimum atomic E-state index is -0.136. The molecule has 1 saturated carbocycles. The number of likely N-dealkylation sites (tertiary alicyclic amines) is 1. The van der Waals surface area contributed by atoms with Crippen molar-refractivity contribution in [1.82, 2.24) is 4.90 Å². The first-order valence-electron chi connectivity index (χ1n) is 6.87. The summed E-state index contributed by atoms with van der Waals surface area (Å²) in [5.74, 6) is 1.15. The number of anilines is 1. The molecule has 94 valence electrons. The number of carbonyl (C=O) groups excluding carboxylic acids is 1. The molecule has 1 aromatic rings. The summed E-state index contributed by atoms with van der Waals surface area (Å²) in [5.41, 5.74) is 2.17. The number of carbonyl (C=O) groups is 1. The summed E-state index contributed by atoms with van der Waals surface area (Å²) in [6.07, 6.45) is 3.69. The van der Waals surface area contributed by atoms with Crippen LogP contribution in [0.15, 0.2) is 24.3 Å². The van der Waals surface area contributed by atoms with Crippen LogP contribution in [0.25, 0.3) is 0 Å². The average molecular weight is 242 g/mol. The third-order valence-corrected chi connectivity index (χ3v) is 4.54. The number of para-hydroxylation sites is 1. The average Bonchev–Trinajstić information content (AvgIpc) is 3.12. The minimum absolute atomic E-state index is 0.136. The third kappa shape index (κ3) is 1.57. The van der Waals surface area contributed by atoms with Gasteiger partial charge in [0.15, 0.2) is 0 Å². The first kappa shape index (κ1) is 10.6. The van der Waals surface area contributed by atoms with E-state index < -0.39 is 0 Å². The van der Waals surface area contributed by atoms with Crippen LogP contribution < -0.4 is 5.32 Å². The first-order valence-corrected chi connectivity index (χ1v) is 6.87. The van der Waals surface area contributed by atoms with Crippen molar-refractivity contribution in [2.45, 2.75) is 19.3 Å². The van der Waals surface area contributed by atoms with Crippen LogP contribution >= 0.6 is 0 Å². The predicted molar refractivity (Wildman–Crippen MR) is 70.4 cm³/mol. The molecule has 3 nitrogen and oxygen atoms in total. The van der Waals surface area contributed by atoms with Crippen LogP contribution in [0, 0.1) is 11.3 Å². The van der Waals surface area contributed by atoms with Crippen LogP contribution in [0.2, 0.25) is 0 Å². The van der Waals surface area contributed by atoms with Crippen LogP contribution in [0.5, 0.6) is 0 Å². The molecule has 1 saturated heterocycles. The molecule has 2 aliphatic heterocycles. The lowest BCUT2D eigenvalue weighted by Crippen LogP contribution is -2.64. The van der Waals surface area contributed by atoms with Gasteiger partial charge in [-0.05, 0) is 36.8 Å². The van der Waals surface area contributed by atoms with Crippen LogP contribution in [0.1, 0.15) is 18.4 Å². The molecule has 1 spiro atoms. The van der Waals surface area contributed by atoms with Gasteiger partial charge in [0, 0.05) is 25.3 Å². The Bertz CT molecular complexity index is 501. The van der Waals surface area contributed by atoms with E-state index in [1.165, 1.54) is 24.9 Å². The van der Waals surface area contributed by atoms with E-state index in [0.717, 1.165) is 31.1 Å². The largest absolute Gasteiger partial charge is 0.325 e. The highest BCUT2D eigenvalue weighted by Crippen LogP contribution is 2.42. The Balaban J connectivity index is 1.52. The van der Waals surface area contributed by atoms with Crippen molar-refractivity contribution in [1.29, 1.82) is 0 Å². The highest BCUT2D eigenvalue weighted by atomic mass is 16.2.